The molecular weight excluding hydrogens is 276 g/mol. The van der Waals surface area contributed by atoms with E-state index in [1.54, 1.807) is 52.8 Å². The molecule has 108 valence electrons. The highest BCUT2D eigenvalue weighted by Gasteiger charge is 2.22. The normalized spacial score (nSPS) is 11.7. The van der Waals surface area contributed by atoms with E-state index in [0.717, 1.165) is 5.56 Å². The Morgan fingerprint density at radius 1 is 1.30 bits per heavy atom. The summed E-state index contributed by atoms with van der Waals surface area (Å²) < 4.78 is 5.17. The molecule has 0 unspecified atom stereocenters. The van der Waals surface area contributed by atoms with E-state index in [1.165, 1.54) is 0 Å². The van der Waals surface area contributed by atoms with Crippen molar-refractivity contribution in [1.82, 2.24) is 0 Å². The molecule has 1 aromatic rings. The Labute approximate surface area is 124 Å². The minimum atomic E-state index is -0.658. The number of carbonyl (C=O) groups excluding carboxylic acids is 1. The monoisotopic (exact) mass is 294 g/mol. The molecule has 0 aliphatic rings. The van der Waals surface area contributed by atoms with E-state index in [2.05, 4.69) is 11.4 Å². The maximum Gasteiger partial charge on any atom is 0.412 e. The fourth-order valence-electron chi connectivity index (χ4n) is 1.49. The minimum Gasteiger partial charge on any atom is -0.444 e. The van der Waals surface area contributed by atoms with E-state index in [9.17, 15) is 4.79 Å². The molecule has 0 heterocycles. The van der Waals surface area contributed by atoms with Gasteiger partial charge in [-0.3, -0.25) is 5.32 Å². The lowest BCUT2D eigenvalue weighted by molar-refractivity contribution is 0.0636. The third kappa shape index (κ3) is 4.43. The summed E-state index contributed by atoms with van der Waals surface area (Å²) in [6, 6.07) is 7.32. The topological polar surface area (TPSA) is 62.1 Å². The summed E-state index contributed by atoms with van der Waals surface area (Å²) in [4.78, 5) is 11.8. The summed E-state index contributed by atoms with van der Waals surface area (Å²) in [6.07, 6.45) is -0.577. The van der Waals surface area contributed by atoms with Gasteiger partial charge in [-0.25, -0.2) is 4.79 Å². The van der Waals surface area contributed by atoms with Crippen molar-refractivity contribution in [1.29, 1.82) is 5.26 Å². The molecule has 0 radical (unpaired) electrons. The predicted molar refractivity (Wildman–Crippen MR) is 79.9 cm³/mol. The minimum absolute atomic E-state index is 0.397. The van der Waals surface area contributed by atoms with E-state index >= 15 is 0 Å². The van der Waals surface area contributed by atoms with Crippen LogP contribution in [0.1, 0.15) is 40.2 Å². The average Bonchev–Trinajstić information content (AvgIpc) is 2.29. The molecule has 0 aliphatic carbocycles. The van der Waals surface area contributed by atoms with Crippen molar-refractivity contribution >= 4 is 23.4 Å². The lowest BCUT2D eigenvalue weighted by atomic mass is 9.86. The number of carbonyl (C=O) groups is 1. The Kier molecular flexibility index (Phi) is 4.67. The molecule has 0 saturated heterocycles. The van der Waals surface area contributed by atoms with Crippen molar-refractivity contribution in [3.63, 3.8) is 0 Å². The molecular formula is C15H19ClN2O2. The quantitative estimate of drug-likeness (QED) is 0.874. The molecule has 0 spiro atoms. The van der Waals surface area contributed by atoms with E-state index in [-0.39, 0.29) is 0 Å². The number of nitrogens with one attached hydrogen (secondary N) is 1. The van der Waals surface area contributed by atoms with Gasteiger partial charge in [-0.1, -0.05) is 17.7 Å². The second kappa shape index (κ2) is 5.72. The number of nitriles is 1. The zero-order valence-corrected chi connectivity index (χ0v) is 13.1. The fourth-order valence-corrected chi connectivity index (χ4v) is 1.65. The van der Waals surface area contributed by atoms with Gasteiger partial charge in [0.25, 0.3) is 0 Å². The van der Waals surface area contributed by atoms with Crippen LogP contribution < -0.4 is 5.32 Å². The van der Waals surface area contributed by atoms with Crippen molar-refractivity contribution in [2.45, 2.75) is 45.6 Å². The first-order valence-electron chi connectivity index (χ1n) is 6.26. The number of halogens is 1. The maximum atomic E-state index is 11.8. The van der Waals surface area contributed by atoms with Gasteiger partial charge >= 0.3 is 6.09 Å². The van der Waals surface area contributed by atoms with Crippen molar-refractivity contribution in [2.75, 3.05) is 5.32 Å². The Bertz CT molecular complexity index is 554. The highest BCUT2D eigenvalue weighted by Crippen LogP contribution is 2.30. The van der Waals surface area contributed by atoms with Crippen LogP contribution in [0, 0.1) is 11.3 Å². The van der Waals surface area contributed by atoms with Crippen molar-refractivity contribution in [3.05, 3.63) is 28.8 Å². The largest absolute Gasteiger partial charge is 0.444 e. The Balaban J connectivity index is 2.99. The molecule has 0 aliphatic heterocycles. The second-order valence-corrected chi connectivity index (χ2v) is 6.47. The number of rotatable bonds is 2. The number of anilines is 1. The van der Waals surface area contributed by atoms with Crippen LogP contribution in [0.5, 0.6) is 0 Å². The standard InChI is InChI=1S/C15H19ClN2O2/c1-14(2,3)20-13(19)18-12-8-10(6-7-11(12)16)15(4,5)9-17/h6-8H,1-5H3,(H,18,19). The maximum absolute atomic E-state index is 11.8. The zero-order valence-electron chi connectivity index (χ0n) is 12.4. The fraction of sp³-hybridized carbons (Fsp3) is 0.467. The first-order chi connectivity index (χ1) is 9.05. The lowest BCUT2D eigenvalue weighted by Gasteiger charge is -2.21. The van der Waals surface area contributed by atoms with E-state index < -0.39 is 17.1 Å². The number of nitrogens with zero attached hydrogens (tertiary/aromatic N) is 1. The van der Waals surface area contributed by atoms with E-state index in [1.807, 2.05) is 0 Å². The first kappa shape index (κ1) is 16.3. The SMILES string of the molecule is CC(C)(C)OC(=O)Nc1cc(C(C)(C)C#N)ccc1Cl. The molecule has 4 nitrogen and oxygen atoms in total. The smallest absolute Gasteiger partial charge is 0.412 e. The molecule has 0 saturated carbocycles. The number of amides is 1. The van der Waals surface area contributed by atoms with Crippen molar-refractivity contribution in [3.8, 4) is 6.07 Å². The van der Waals surface area contributed by atoms with Gasteiger partial charge in [0.15, 0.2) is 0 Å². The van der Waals surface area contributed by atoms with Gasteiger partial charge in [-0.2, -0.15) is 5.26 Å². The molecule has 0 aromatic heterocycles. The Morgan fingerprint density at radius 2 is 1.90 bits per heavy atom. The highest BCUT2D eigenvalue weighted by molar-refractivity contribution is 6.33. The molecule has 5 heteroatoms. The van der Waals surface area contributed by atoms with Gasteiger partial charge in [-0.15, -0.1) is 0 Å². The van der Waals surface area contributed by atoms with Crippen LogP contribution in [0.4, 0.5) is 10.5 Å². The van der Waals surface area contributed by atoms with Crippen LogP contribution in [0.25, 0.3) is 0 Å². The summed E-state index contributed by atoms with van der Waals surface area (Å²) in [7, 11) is 0. The van der Waals surface area contributed by atoms with Gasteiger partial charge in [-0.05, 0) is 52.3 Å². The van der Waals surface area contributed by atoms with E-state index in [0.29, 0.717) is 10.7 Å². The van der Waals surface area contributed by atoms with Crippen molar-refractivity contribution in [2.24, 2.45) is 0 Å². The molecule has 1 rings (SSSR count). The highest BCUT2D eigenvalue weighted by atomic mass is 35.5. The average molecular weight is 295 g/mol. The number of ether oxygens (including phenoxy) is 1. The molecule has 1 amide bonds. The van der Waals surface area contributed by atoms with Crippen LogP contribution in [0.3, 0.4) is 0 Å². The Hall–Kier alpha value is -1.73. The van der Waals surface area contributed by atoms with Crippen LogP contribution in [0.15, 0.2) is 18.2 Å². The third-order valence-electron chi connectivity index (χ3n) is 2.60. The second-order valence-electron chi connectivity index (χ2n) is 6.06. The van der Waals surface area contributed by atoms with Gasteiger partial charge in [0.2, 0.25) is 0 Å². The molecule has 0 atom stereocenters. The van der Waals surface area contributed by atoms with Gasteiger partial charge in [0.1, 0.15) is 5.60 Å². The Morgan fingerprint density at radius 3 is 2.40 bits per heavy atom. The van der Waals surface area contributed by atoms with E-state index in [4.69, 9.17) is 21.6 Å². The molecule has 1 aromatic carbocycles. The number of hydrogen-bond acceptors (Lipinski definition) is 3. The summed E-state index contributed by atoms with van der Waals surface area (Å²) >= 11 is 6.05. The van der Waals surface area contributed by atoms with Crippen LogP contribution >= 0.6 is 11.6 Å². The number of benzene rings is 1. The summed E-state index contributed by atoms with van der Waals surface area (Å²) in [5.41, 5.74) is -0.0353. The molecule has 0 bridgehead atoms. The number of hydrogen-bond donors (Lipinski definition) is 1. The predicted octanol–water partition coefficient (Wildman–Crippen LogP) is 4.49. The molecule has 1 N–H and O–H groups in total. The summed E-state index contributed by atoms with van der Waals surface area (Å²) in [6.45, 7) is 8.94. The van der Waals surface area contributed by atoms with Gasteiger partial charge in [0.05, 0.1) is 22.2 Å². The molecule has 0 fully saturated rings. The zero-order chi connectivity index (χ0) is 15.6. The van der Waals surface area contributed by atoms with Crippen LogP contribution in [0.2, 0.25) is 5.02 Å². The molecule has 20 heavy (non-hydrogen) atoms. The third-order valence-corrected chi connectivity index (χ3v) is 2.93. The lowest BCUT2D eigenvalue weighted by Crippen LogP contribution is -2.27. The van der Waals surface area contributed by atoms with Crippen LogP contribution in [-0.2, 0) is 10.2 Å². The summed E-state index contributed by atoms with van der Waals surface area (Å²) in [5.74, 6) is 0. The summed E-state index contributed by atoms with van der Waals surface area (Å²) in [5, 5.41) is 12.1. The van der Waals surface area contributed by atoms with Gasteiger partial charge in [0, 0.05) is 0 Å². The first-order valence-corrected chi connectivity index (χ1v) is 6.64. The van der Waals surface area contributed by atoms with Crippen LogP contribution in [-0.4, -0.2) is 11.7 Å². The van der Waals surface area contributed by atoms with Gasteiger partial charge < -0.3 is 4.74 Å². The van der Waals surface area contributed by atoms with Crippen molar-refractivity contribution < 1.29 is 9.53 Å².